The van der Waals surface area contributed by atoms with Gasteiger partial charge in [0.05, 0.1) is 5.75 Å². The molecule has 20 heavy (non-hydrogen) atoms. The second-order valence-electron chi connectivity index (χ2n) is 4.75. The van der Waals surface area contributed by atoms with E-state index in [0.29, 0.717) is 6.42 Å². The molecule has 0 aliphatic heterocycles. The normalized spacial score (nSPS) is 11.4. The minimum atomic E-state index is -3.48. The molecule has 0 spiro atoms. The van der Waals surface area contributed by atoms with Crippen molar-refractivity contribution in [2.45, 2.75) is 50.5 Å². The number of aromatic carboxylic acids is 1. The van der Waals surface area contributed by atoms with Gasteiger partial charge in [-0.1, -0.05) is 45.1 Å². The summed E-state index contributed by atoms with van der Waals surface area (Å²) in [5.41, 5.74) is -0.242. The Morgan fingerprint density at radius 1 is 1.15 bits per heavy atom. The van der Waals surface area contributed by atoms with Crippen LogP contribution in [0.3, 0.4) is 0 Å². The fourth-order valence-corrected chi connectivity index (χ4v) is 3.20. The molecule has 0 saturated heterocycles. The van der Waals surface area contributed by atoms with E-state index >= 15 is 0 Å². The molecule has 0 amide bonds. The van der Waals surface area contributed by atoms with E-state index in [1.165, 1.54) is 24.6 Å². The summed E-state index contributed by atoms with van der Waals surface area (Å²) >= 11 is 0. The van der Waals surface area contributed by atoms with Gasteiger partial charge in [-0.3, -0.25) is 0 Å². The molecule has 5 nitrogen and oxygen atoms in total. The maximum absolute atomic E-state index is 12.0. The Hall–Kier alpha value is -1.43. The van der Waals surface area contributed by atoms with Crippen molar-refractivity contribution in [3.05, 3.63) is 23.9 Å². The third kappa shape index (κ3) is 5.28. The minimum Gasteiger partial charge on any atom is -0.477 e. The van der Waals surface area contributed by atoms with Crippen molar-refractivity contribution in [3.8, 4) is 0 Å². The van der Waals surface area contributed by atoms with Crippen LogP contribution < -0.4 is 0 Å². The third-order valence-corrected chi connectivity index (χ3v) is 4.72. The molecule has 1 N–H and O–H groups in total. The molecule has 0 aromatic carbocycles. The molecule has 1 rings (SSSR count). The number of carboxylic acids is 1. The maximum Gasteiger partial charge on any atom is 0.354 e. The van der Waals surface area contributed by atoms with Gasteiger partial charge >= 0.3 is 5.97 Å². The van der Waals surface area contributed by atoms with Crippen LogP contribution in [0.4, 0.5) is 0 Å². The highest BCUT2D eigenvalue weighted by Crippen LogP contribution is 2.13. The summed E-state index contributed by atoms with van der Waals surface area (Å²) in [6, 6.07) is 4.04. The molecule has 0 aliphatic rings. The predicted molar refractivity (Wildman–Crippen MR) is 76.6 cm³/mol. The molecule has 0 saturated carbocycles. The lowest BCUT2D eigenvalue weighted by Gasteiger charge is -2.04. The third-order valence-electron chi connectivity index (χ3n) is 3.03. The number of nitrogens with zero attached hydrogens (tertiary/aromatic N) is 1. The number of aromatic nitrogens is 1. The van der Waals surface area contributed by atoms with Crippen molar-refractivity contribution in [3.63, 3.8) is 0 Å². The lowest BCUT2D eigenvalue weighted by Crippen LogP contribution is -2.11. The molecular weight excluding hydrogens is 278 g/mol. The van der Waals surface area contributed by atoms with E-state index in [1.807, 2.05) is 0 Å². The van der Waals surface area contributed by atoms with E-state index in [0.717, 1.165) is 25.7 Å². The predicted octanol–water partition coefficient (Wildman–Crippen LogP) is 2.91. The Bertz CT molecular complexity index is 540. The summed E-state index contributed by atoms with van der Waals surface area (Å²) in [5.74, 6) is -1.20. The zero-order chi connectivity index (χ0) is 15.0. The summed E-state index contributed by atoms with van der Waals surface area (Å²) < 4.78 is 24.1. The Balaban J connectivity index is 2.56. The zero-order valence-electron chi connectivity index (χ0n) is 11.7. The topological polar surface area (TPSA) is 84.3 Å². The number of sulfone groups is 1. The first-order valence-corrected chi connectivity index (χ1v) is 8.55. The molecule has 1 aromatic heterocycles. The number of hydrogen-bond donors (Lipinski definition) is 1. The average Bonchev–Trinajstić information content (AvgIpc) is 2.43. The van der Waals surface area contributed by atoms with Crippen molar-refractivity contribution >= 4 is 15.8 Å². The van der Waals surface area contributed by atoms with Gasteiger partial charge in [0, 0.05) is 0 Å². The second-order valence-corrected chi connectivity index (χ2v) is 6.81. The van der Waals surface area contributed by atoms with Crippen molar-refractivity contribution in [2.24, 2.45) is 0 Å². The van der Waals surface area contributed by atoms with Crippen LogP contribution >= 0.6 is 0 Å². The Morgan fingerprint density at radius 3 is 2.45 bits per heavy atom. The first-order valence-electron chi connectivity index (χ1n) is 6.90. The van der Waals surface area contributed by atoms with Crippen LogP contribution in [0.25, 0.3) is 0 Å². The fourth-order valence-electron chi connectivity index (χ4n) is 1.88. The Morgan fingerprint density at radius 2 is 1.80 bits per heavy atom. The highest BCUT2D eigenvalue weighted by atomic mass is 32.2. The molecule has 0 aliphatic carbocycles. The van der Waals surface area contributed by atoms with Gasteiger partial charge in [-0.25, -0.2) is 18.2 Å². The van der Waals surface area contributed by atoms with Gasteiger partial charge in [0.2, 0.25) is 0 Å². The largest absolute Gasteiger partial charge is 0.477 e. The smallest absolute Gasteiger partial charge is 0.354 e. The summed E-state index contributed by atoms with van der Waals surface area (Å²) in [6.07, 6.45) is 5.96. The van der Waals surface area contributed by atoms with E-state index in [-0.39, 0.29) is 16.5 Å². The average molecular weight is 299 g/mol. The van der Waals surface area contributed by atoms with Gasteiger partial charge < -0.3 is 5.11 Å². The monoisotopic (exact) mass is 299 g/mol. The zero-order valence-corrected chi connectivity index (χ0v) is 12.5. The van der Waals surface area contributed by atoms with Gasteiger partial charge in [0.15, 0.2) is 14.9 Å². The van der Waals surface area contributed by atoms with Crippen molar-refractivity contribution in [1.82, 2.24) is 4.98 Å². The number of rotatable bonds is 9. The van der Waals surface area contributed by atoms with E-state index < -0.39 is 15.8 Å². The molecule has 1 aromatic rings. The van der Waals surface area contributed by atoms with Gasteiger partial charge in [0.25, 0.3) is 0 Å². The molecule has 0 fully saturated rings. The minimum absolute atomic E-state index is 0.0230. The van der Waals surface area contributed by atoms with Crippen LogP contribution in [-0.4, -0.2) is 30.2 Å². The summed E-state index contributed by atoms with van der Waals surface area (Å²) in [6.45, 7) is 2.13. The number of pyridine rings is 1. The van der Waals surface area contributed by atoms with Gasteiger partial charge in [-0.2, -0.15) is 0 Å². The number of carbonyl (C=O) groups is 1. The van der Waals surface area contributed by atoms with Gasteiger partial charge in [-0.05, 0) is 18.6 Å². The molecule has 112 valence electrons. The standard InChI is InChI=1S/C14H21NO4S/c1-2-3-4-5-6-7-11-20(18,19)13-10-8-9-12(15-13)14(16)17/h8-10H,2-7,11H2,1H3,(H,16,17). The van der Waals surface area contributed by atoms with Crippen molar-refractivity contribution in [1.29, 1.82) is 0 Å². The lowest BCUT2D eigenvalue weighted by atomic mass is 10.1. The van der Waals surface area contributed by atoms with Crippen LogP contribution in [0.2, 0.25) is 0 Å². The molecular formula is C14H21NO4S. The molecule has 0 atom stereocenters. The highest BCUT2D eigenvalue weighted by Gasteiger charge is 2.17. The van der Waals surface area contributed by atoms with Crippen LogP contribution in [0, 0.1) is 0 Å². The quantitative estimate of drug-likeness (QED) is 0.709. The summed E-state index contributed by atoms with van der Waals surface area (Å²) in [4.78, 5) is 14.5. The Labute approximate surface area is 120 Å². The van der Waals surface area contributed by atoms with Crippen LogP contribution in [0.15, 0.2) is 23.2 Å². The second kappa shape index (κ2) is 7.99. The first kappa shape index (κ1) is 16.6. The maximum atomic E-state index is 12.0. The molecule has 6 heteroatoms. The number of hydrogen-bond acceptors (Lipinski definition) is 4. The van der Waals surface area contributed by atoms with Gasteiger partial charge in [-0.15, -0.1) is 0 Å². The van der Waals surface area contributed by atoms with E-state index in [4.69, 9.17) is 5.11 Å². The van der Waals surface area contributed by atoms with E-state index in [2.05, 4.69) is 11.9 Å². The Kier molecular flexibility index (Phi) is 6.64. The molecule has 0 radical (unpaired) electrons. The fraction of sp³-hybridized carbons (Fsp3) is 0.571. The van der Waals surface area contributed by atoms with Gasteiger partial charge in [0.1, 0.15) is 5.69 Å². The van der Waals surface area contributed by atoms with Crippen LogP contribution in [-0.2, 0) is 9.84 Å². The SMILES string of the molecule is CCCCCCCCS(=O)(=O)c1cccc(C(=O)O)n1. The van der Waals surface area contributed by atoms with Crippen LogP contribution in [0.1, 0.15) is 55.9 Å². The van der Waals surface area contributed by atoms with E-state index in [9.17, 15) is 13.2 Å². The molecule has 0 bridgehead atoms. The van der Waals surface area contributed by atoms with Crippen molar-refractivity contribution < 1.29 is 18.3 Å². The number of unbranched alkanes of at least 4 members (excludes halogenated alkanes) is 5. The number of carboxylic acid groups (broad SMARTS) is 1. The molecule has 0 unspecified atom stereocenters. The summed E-state index contributed by atoms with van der Waals surface area (Å²) in [5, 5.41) is 8.67. The lowest BCUT2D eigenvalue weighted by molar-refractivity contribution is 0.0689. The highest BCUT2D eigenvalue weighted by molar-refractivity contribution is 7.91. The van der Waals surface area contributed by atoms with Crippen LogP contribution in [0.5, 0.6) is 0 Å². The summed E-state index contributed by atoms with van der Waals surface area (Å²) in [7, 11) is -3.48. The van der Waals surface area contributed by atoms with Crippen molar-refractivity contribution in [2.75, 3.05) is 5.75 Å². The van der Waals surface area contributed by atoms with E-state index in [1.54, 1.807) is 0 Å². The first-order chi connectivity index (χ1) is 9.47. The molecule has 1 heterocycles.